The Morgan fingerprint density at radius 1 is 1.29 bits per heavy atom. The van der Waals surface area contributed by atoms with Crippen molar-refractivity contribution in [3.8, 4) is 16.5 Å². The Morgan fingerprint density at radius 3 is 2.96 bits per heavy atom. The van der Waals surface area contributed by atoms with E-state index in [9.17, 15) is 4.79 Å². The fraction of sp³-hybridized carbons (Fsp3) is 0.381. The average molecular weight is 398 g/mol. The van der Waals surface area contributed by atoms with E-state index in [-0.39, 0.29) is 12.5 Å². The van der Waals surface area contributed by atoms with Crippen molar-refractivity contribution in [2.24, 2.45) is 0 Å². The van der Waals surface area contributed by atoms with Gasteiger partial charge >= 0.3 is 0 Å². The Hall–Kier alpha value is -2.67. The number of hydrogen-bond donors (Lipinski definition) is 0. The van der Waals surface area contributed by atoms with Crippen molar-refractivity contribution in [3.63, 3.8) is 0 Å². The SMILES string of the molecule is C[C@H](Oc1cccc2c1CCCC2)C(=O)N(C)Cc1nc(-c2cccs2)no1. The number of nitrogens with zero attached hydrogens (tertiary/aromatic N) is 3. The summed E-state index contributed by atoms with van der Waals surface area (Å²) < 4.78 is 11.3. The molecule has 1 amide bonds. The molecule has 2 heterocycles. The number of thiophene rings is 1. The molecule has 1 aliphatic carbocycles. The van der Waals surface area contributed by atoms with E-state index in [1.54, 1.807) is 30.2 Å². The number of benzene rings is 1. The first-order valence-electron chi connectivity index (χ1n) is 9.50. The van der Waals surface area contributed by atoms with Crippen LogP contribution in [0.15, 0.2) is 40.2 Å². The van der Waals surface area contributed by atoms with Crippen molar-refractivity contribution >= 4 is 17.2 Å². The van der Waals surface area contributed by atoms with Crippen LogP contribution in [0.25, 0.3) is 10.7 Å². The minimum absolute atomic E-state index is 0.121. The summed E-state index contributed by atoms with van der Waals surface area (Å²) in [6, 6.07) is 9.99. The van der Waals surface area contributed by atoms with Crippen LogP contribution in [0, 0.1) is 0 Å². The molecular formula is C21H23N3O3S. The molecule has 0 unspecified atom stereocenters. The van der Waals surface area contributed by atoms with Crippen molar-refractivity contribution in [1.29, 1.82) is 0 Å². The van der Waals surface area contributed by atoms with Gasteiger partial charge in [-0.2, -0.15) is 4.98 Å². The molecule has 28 heavy (non-hydrogen) atoms. The highest BCUT2D eigenvalue weighted by molar-refractivity contribution is 7.13. The fourth-order valence-corrected chi connectivity index (χ4v) is 4.16. The molecular weight excluding hydrogens is 374 g/mol. The number of hydrogen-bond acceptors (Lipinski definition) is 6. The van der Waals surface area contributed by atoms with Crippen LogP contribution in [-0.4, -0.2) is 34.1 Å². The van der Waals surface area contributed by atoms with Crippen LogP contribution < -0.4 is 4.74 Å². The Morgan fingerprint density at radius 2 is 2.14 bits per heavy atom. The summed E-state index contributed by atoms with van der Waals surface area (Å²) in [5, 5.41) is 5.95. The van der Waals surface area contributed by atoms with Gasteiger partial charge in [0, 0.05) is 7.05 Å². The highest BCUT2D eigenvalue weighted by atomic mass is 32.1. The second kappa shape index (κ2) is 8.14. The predicted octanol–water partition coefficient (Wildman–Crippen LogP) is 4.10. The number of likely N-dealkylation sites (N-methyl/N-ethyl adjacent to an activating group) is 1. The lowest BCUT2D eigenvalue weighted by atomic mass is 9.91. The van der Waals surface area contributed by atoms with Crippen molar-refractivity contribution in [3.05, 3.63) is 52.7 Å². The topological polar surface area (TPSA) is 68.5 Å². The van der Waals surface area contributed by atoms with Crippen LogP contribution in [0.1, 0.15) is 36.8 Å². The Balaban J connectivity index is 1.40. The second-order valence-corrected chi connectivity index (χ2v) is 7.99. The molecule has 0 aliphatic heterocycles. The Bertz CT molecular complexity index is 952. The van der Waals surface area contributed by atoms with Crippen LogP contribution in [0.2, 0.25) is 0 Å². The van der Waals surface area contributed by atoms with E-state index in [0.717, 1.165) is 23.5 Å². The third-order valence-corrected chi connectivity index (χ3v) is 5.83. The summed E-state index contributed by atoms with van der Waals surface area (Å²) in [6.45, 7) is 2.03. The van der Waals surface area contributed by atoms with Crippen LogP contribution in [0.5, 0.6) is 5.75 Å². The van der Waals surface area contributed by atoms with Crippen LogP contribution in [0.3, 0.4) is 0 Å². The molecule has 0 saturated heterocycles. The normalized spacial score (nSPS) is 14.4. The zero-order valence-electron chi connectivity index (χ0n) is 16.1. The van der Waals surface area contributed by atoms with E-state index < -0.39 is 6.10 Å². The molecule has 1 aromatic carbocycles. The number of aryl methyl sites for hydroxylation is 1. The lowest BCUT2D eigenvalue weighted by Crippen LogP contribution is -2.37. The first kappa shape index (κ1) is 18.7. The predicted molar refractivity (Wildman–Crippen MR) is 107 cm³/mol. The van der Waals surface area contributed by atoms with Gasteiger partial charge in [-0.15, -0.1) is 11.3 Å². The van der Waals surface area contributed by atoms with E-state index in [1.165, 1.54) is 24.0 Å². The zero-order valence-corrected chi connectivity index (χ0v) is 16.9. The van der Waals surface area contributed by atoms with Gasteiger partial charge < -0.3 is 14.2 Å². The zero-order chi connectivity index (χ0) is 19.5. The second-order valence-electron chi connectivity index (χ2n) is 7.04. The van der Waals surface area contributed by atoms with Crippen LogP contribution >= 0.6 is 11.3 Å². The van der Waals surface area contributed by atoms with E-state index in [4.69, 9.17) is 9.26 Å². The van der Waals surface area contributed by atoms with E-state index in [2.05, 4.69) is 16.2 Å². The number of carbonyl (C=O) groups is 1. The van der Waals surface area contributed by atoms with Gasteiger partial charge in [0.25, 0.3) is 5.91 Å². The first-order valence-corrected chi connectivity index (χ1v) is 10.4. The van der Waals surface area contributed by atoms with Crippen LogP contribution in [-0.2, 0) is 24.2 Å². The summed E-state index contributed by atoms with van der Waals surface area (Å²) in [4.78, 5) is 19.6. The maximum atomic E-state index is 12.8. The summed E-state index contributed by atoms with van der Waals surface area (Å²) in [6.07, 6.45) is 3.89. The third kappa shape index (κ3) is 3.94. The van der Waals surface area contributed by atoms with Crippen molar-refractivity contribution < 1.29 is 14.1 Å². The van der Waals surface area contributed by atoms with Gasteiger partial charge in [0.15, 0.2) is 6.10 Å². The van der Waals surface area contributed by atoms with Gasteiger partial charge in [-0.1, -0.05) is 23.4 Å². The largest absolute Gasteiger partial charge is 0.481 e. The molecule has 6 nitrogen and oxygen atoms in total. The van der Waals surface area contributed by atoms with Crippen molar-refractivity contribution in [2.75, 3.05) is 7.05 Å². The third-order valence-electron chi connectivity index (χ3n) is 4.96. The number of ether oxygens (including phenoxy) is 1. The van der Waals surface area contributed by atoms with Gasteiger partial charge in [0.1, 0.15) is 5.75 Å². The van der Waals surface area contributed by atoms with E-state index in [0.29, 0.717) is 11.7 Å². The maximum absolute atomic E-state index is 12.8. The molecule has 0 radical (unpaired) electrons. The van der Waals surface area contributed by atoms with Gasteiger partial charge in [0.05, 0.1) is 11.4 Å². The molecule has 3 aromatic rings. The van der Waals surface area contributed by atoms with Gasteiger partial charge in [-0.05, 0) is 61.2 Å². The molecule has 146 valence electrons. The Labute approximate surface area is 168 Å². The lowest BCUT2D eigenvalue weighted by molar-refractivity contribution is -0.137. The number of rotatable bonds is 6. The fourth-order valence-electron chi connectivity index (χ4n) is 3.51. The first-order chi connectivity index (χ1) is 13.6. The van der Waals surface area contributed by atoms with Gasteiger partial charge in [-0.25, -0.2) is 0 Å². The van der Waals surface area contributed by atoms with Gasteiger partial charge in [-0.3, -0.25) is 4.79 Å². The lowest BCUT2D eigenvalue weighted by Gasteiger charge is -2.24. The average Bonchev–Trinajstić information content (AvgIpc) is 3.39. The highest BCUT2D eigenvalue weighted by Gasteiger charge is 2.23. The number of fused-ring (bicyclic) bond motifs is 1. The van der Waals surface area contributed by atoms with Crippen molar-refractivity contribution in [1.82, 2.24) is 15.0 Å². The number of carbonyl (C=O) groups excluding carboxylic acids is 1. The molecule has 1 atom stereocenters. The molecule has 4 rings (SSSR count). The molecule has 2 aromatic heterocycles. The van der Waals surface area contributed by atoms with Crippen molar-refractivity contribution in [2.45, 2.75) is 45.3 Å². The summed E-state index contributed by atoms with van der Waals surface area (Å²) in [5.41, 5.74) is 2.58. The molecule has 7 heteroatoms. The van der Waals surface area contributed by atoms with E-state index in [1.807, 2.05) is 29.6 Å². The monoisotopic (exact) mass is 397 g/mol. The van der Waals surface area contributed by atoms with E-state index >= 15 is 0 Å². The highest BCUT2D eigenvalue weighted by Crippen LogP contribution is 2.30. The molecule has 1 aliphatic rings. The number of amides is 1. The molecule has 0 spiro atoms. The Kier molecular flexibility index (Phi) is 5.43. The summed E-state index contributed by atoms with van der Waals surface area (Å²) >= 11 is 1.55. The minimum Gasteiger partial charge on any atom is -0.481 e. The summed E-state index contributed by atoms with van der Waals surface area (Å²) in [7, 11) is 1.72. The maximum Gasteiger partial charge on any atom is 0.263 e. The quantitative estimate of drug-likeness (QED) is 0.626. The molecule has 0 N–H and O–H groups in total. The van der Waals surface area contributed by atoms with Crippen LogP contribution in [0.4, 0.5) is 0 Å². The smallest absolute Gasteiger partial charge is 0.263 e. The standard InChI is InChI=1S/C21H23N3O3S/c1-14(26-17-10-5-8-15-7-3-4-9-16(15)17)21(25)24(2)13-19-22-20(23-27-19)18-11-6-12-28-18/h5-6,8,10-12,14H,3-4,7,9,13H2,1-2H3/t14-/m0/s1. The number of aromatic nitrogens is 2. The molecule has 0 fully saturated rings. The minimum atomic E-state index is -0.585. The summed E-state index contributed by atoms with van der Waals surface area (Å²) in [5.74, 6) is 1.66. The molecule has 0 bridgehead atoms. The molecule has 0 saturated carbocycles. The van der Waals surface area contributed by atoms with Gasteiger partial charge in [0.2, 0.25) is 11.7 Å².